The van der Waals surface area contributed by atoms with E-state index in [1.807, 2.05) is 11.8 Å². The molecule has 11 aromatic carbocycles. The zero-order chi connectivity index (χ0) is 53.9. The number of anilines is 3. The van der Waals surface area contributed by atoms with Gasteiger partial charge in [-0.25, -0.2) is 0 Å². The highest BCUT2D eigenvalue weighted by Crippen LogP contribution is 2.67. The molecule has 4 heteroatoms. The monoisotopic (exact) mass is 1050 g/mol. The van der Waals surface area contributed by atoms with E-state index in [2.05, 4.69) is 283 Å². The molecule has 0 atom stereocenters. The number of ether oxygens (including phenoxy) is 1. The Morgan fingerprint density at radius 1 is 0.362 bits per heavy atom. The van der Waals surface area contributed by atoms with E-state index in [9.17, 15) is 0 Å². The summed E-state index contributed by atoms with van der Waals surface area (Å²) in [5.41, 5.74) is 22.9. The standard InChI is InChI=1S/C76H57NO2S/c1-73(2,3)46-37-40-50-51-41-38-47(74(4,5)6)44-63(51)76(62(50)43-46)58-27-11-16-34-68(58)79-72-61(76)30-20-32-66(72)77(65-31-14-8-22-53(65)55-24-19-25-56-54-23-9-15-33-67(54)78-71(55)56)48-39-42-52-49-21-7-10-26-57(49)75(64(52)45-48)59-28-12-17-35-69(59)80-70-36-18-13-29-60(70)75/h7-45H,1-6H3. The second-order valence-corrected chi connectivity index (χ2v) is 25.4. The van der Waals surface area contributed by atoms with E-state index in [1.54, 1.807) is 0 Å². The van der Waals surface area contributed by atoms with E-state index in [0.29, 0.717) is 0 Å². The number of nitrogens with zero attached hydrogens (tertiary/aromatic N) is 1. The molecule has 2 aliphatic heterocycles. The molecule has 4 aliphatic rings. The van der Waals surface area contributed by atoms with Crippen LogP contribution in [0, 0.1) is 0 Å². The topological polar surface area (TPSA) is 25.6 Å². The number of rotatable bonds is 4. The molecule has 3 nitrogen and oxygen atoms in total. The second kappa shape index (κ2) is 16.8. The van der Waals surface area contributed by atoms with Crippen molar-refractivity contribution in [3.8, 4) is 44.9 Å². The first-order valence-electron chi connectivity index (χ1n) is 28.1. The number of furan rings is 1. The molecule has 0 fully saturated rings. The Bertz CT molecular complexity index is 4490. The first kappa shape index (κ1) is 47.2. The summed E-state index contributed by atoms with van der Waals surface area (Å²) in [5.74, 6) is 1.68. The Morgan fingerprint density at radius 3 is 1.55 bits per heavy atom. The van der Waals surface area contributed by atoms with E-state index in [-0.39, 0.29) is 10.8 Å². The zero-order valence-corrected chi connectivity index (χ0v) is 46.5. The number of hydrogen-bond acceptors (Lipinski definition) is 4. The quantitative estimate of drug-likeness (QED) is 0.175. The maximum Gasteiger partial charge on any atom is 0.156 e. The minimum absolute atomic E-state index is 0.0945. The maximum atomic E-state index is 7.68. The molecule has 0 radical (unpaired) electrons. The lowest BCUT2D eigenvalue weighted by Gasteiger charge is -2.42. The molecule has 80 heavy (non-hydrogen) atoms. The summed E-state index contributed by atoms with van der Waals surface area (Å²) in [6.45, 7) is 14.0. The van der Waals surface area contributed by atoms with Gasteiger partial charge in [-0.1, -0.05) is 241 Å². The van der Waals surface area contributed by atoms with Crippen LogP contribution in [-0.2, 0) is 21.7 Å². The van der Waals surface area contributed by atoms with E-state index in [1.165, 1.54) is 76.6 Å². The highest BCUT2D eigenvalue weighted by molar-refractivity contribution is 7.99. The summed E-state index contributed by atoms with van der Waals surface area (Å²) in [7, 11) is 0. The average Bonchev–Trinajstić information content (AvgIpc) is 2.63. The molecule has 0 N–H and O–H groups in total. The SMILES string of the molecule is CC(C)(C)c1ccc2c(c1)C1(c3ccccc3Oc3c(N(c4ccc5c(c4)C4(c6ccccc6Sc6ccccc64)c4ccccc4-5)c4ccccc4-c4cccc5c4oc4ccccc45)cccc31)c1cc(C(C)(C)C)ccc1-2. The third-order valence-corrected chi connectivity index (χ3v) is 19.1. The van der Waals surface area contributed by atoms with Crippen LogP contribution in [0.25, 0.3) is 55.3 Å². The van der Waals surface area contributed by atoms with Crippen molar-refractivity contribution in [3.05, 3.63) is 292 Å². The van der Waals surface area contributed by atoms with E-state index < -0.39 is 10.8 Å². The fraction of sp³-hybridized carbons (Fsp3) is 0.132. The van der Waals surface area contributed by atoms with Crippen molar-refractivity contribution in [3.63, 3.8) is 0 Å². The Hall–Kier alpha value is -8.83. The number of fused-ring (bicyclic) bond motifs is 21. The molecule has 0 unspecified atom stereocenters. The van der Waals surface area contributed by atoms with Crippen molar-refractivity contribution >= 4 is 50.8 Å². The van der Waals surface area contributed by atoms with Crippen LogP contribution < -0.4 is 9.64 Å². The molecule has 0 saturated carbocycles. The number of hydrogen-bond donors (Lipinski definition) is 0. The highest BCUT2D eigenvalue weighted by atomic mass is 32.2. The highest BCUT2D eigenvalue weighted by Gasteiger charge is 2.54. The predicted molar refractivity (Wildman–Crippen MR) is 330 cm³/mol. The van der Waals surface area contributed by atoms with Gasteiger partial charge in [0.05, 0.1) is 22.2 Å². The maximum absolute atomic E-state index is 7.68. The zero-order valence-electron chi connectivity index (χ0n) is 45.7. The lowest BCUT2D eigenvalue weighted by atomic mass is 9.64. The summed E-state index contributed by atoms with van der Waals surface area (Å²) >= 11 is 1.88. The molecule has 1 aromatic heterocycles. The van der Waals surface area contributed by atoms with Gasteiger partial charge >= 0.3 is 0 Å². The van der Waals surface area contributed by atoms with Gasteiger partial charge in [-0.3, -0.25) is 0 Å². The minimum atomic E-state index is -0.727. The molecule has 12 aromatic rings. The summed E-state index contributed by atoms with van der Waals surface area (Å²) in [6.07, 6.45) is 0. The van der Waals surface area contributed by atoms with E-state index >= 15 is 0 Å². The molecule has 0 bridgehead atoms. The Labute approximate surface area is 472 Å². The van der Waals surface area contributed by atoms with Crippen molar-refractivity contribution in [2.75, 3.05) is 4.90 Å². The molecule has 384 valence electrons. The van der Waals surface area contributed by atoms with Gasteiger partial charge in [-0.15, -0.1) is 0 Å². The van der Waals surface area contributed by atoms with Gasteiger partial charge in [0, 0.05) is 48.5 Å². The van der Waals surface area contributed by atoms with Crippen molar-refractivity contribution in [2.24, 2.45) is 0 Å². The van der Waals surface area contributed by atoms with Gasteiger partial charge in [0.25, 0.3) is 0 Å². The first-order chi connectivity index (χ1) is 38.9. The van der Waals surface area contributed by atoms with Crippen LogP contribution in [0.5, 0.6) is 11.5 Å². The van der Waals surface area contributed by atoms with Gasteiger partial charge < -0.3 is 14.1 Å². The third-order valence-electron chi connectivity index (χ3n) is 17.9. The van der Waals surface area contributed by atoms with Gasteiger partial charge in [-0.2, -0.15) is 0 Å². The Kier molecular flexibility index (Phi) is 9.94. The Balaban J connectivity index is 1.02. The smallest absolute Gasteiger partial charge is 0.156 e. The molecule has 16 rings (SSSR count). The van der Waals surface area contributed by atoms with Crippen LogP contribution in [0.3, 0.4) is 0 Å². The fourth-order valence-corrected chi connectivity index (χ4v) is 15.5. The van der Waals surface area contributed by atoms with E-state index in [0.717, 1.165) is 72.8 Å². The number of para-hydroxylation sites is 5. The van der Waals surface area contributed by atoms with Crippen molar-refractivity contribution in [1.82, 2.24) is 0 Å². The van der Waals surface area contributed by atoms with Crippen LogP contribution in [0.4, 0.5) is 17.1 Å². The lowest BCUT2D eigenvalue weighted by molar-refractivity contribution is 0.437. The molecule has 3 heterocycles. The molecule has 2 aliphatic carbocycles. The fourth-order valence-electron chi connectivity index (χ4n) is 14.3. The normalized spacial score (nSPS) is 14.6. The van der Waals surface area contributed by atoms with Crippen molar-refractivity contribution < 1.29 is 9.15 Å². The van der Waals surface area contributed by atoms with Crippen LogP contribution in [0.2, 0.25) is 0 Å². The van der Waals surface area contributed by atoms with Crippen molar-refractivity contribution in [1.29, 1.82) is 0 Å². The summed E-state index contributed by atoms with van der Waals surface area (Å²) in [6, 6.07) is 88.6. The van der Waals surface area contributed by atoms with Crippen molar-refractivity contribution in [2.45, 2.75) is 73.0 Å². The van der Waals surface area contributed by atoms with Gasteiger partial charge in [0.15, 0.2) is 5.75 Å². The summed E-state index contributed by atoms with van der Waals surface area (Å²) < 4.78 is 14.6. The van der Waals surface area contributed by atoms with Crippen LogP contribution in [0.1, 0.15) is 97.2 Å². The molecule has 2 spiro atoms. The predicted octanol–water partition coefficient (Wildman–Crippen LogP) is 20.6. The largest absolute Gasteiger partial charge is 0.455 e. The molecule has 0 saturated heterocycles. The molecular weight excluding hydrogens is 991 g/mol. The van der Waals surface area contributed by atoms with Gasteiger partial charge in [-0.05, 0) is 126 Å². The molecule has 0 amide bonds. The average molecular weight is 1050 g/mol. The van der Waals surface area contributed by atoms with Crippen LogP contribution >= 0.6 is 11.8 Å². The van der Waals surface area contributed by atoms with Crippen LogP contribution in [0.15, 0.2) is 251 Å². The first-order valence-corrected chi connectivity index (χ1v) is 28.9. The summed E-state index contributed by atoms with van der Waals surface area (Å²) in [5, 5.41) is 2.19. The van der Waals surface area contributed by atoms with Crippen LogP contribution in [-0.4, -0.2) is 0 Å². The molecular formula is C76H57NO2S. The third kappa shape index (κ3) is 6.40. The second-order valence-electron chi connectivity index (χ2n) is 24.3. The van der Waals surface area contributed by atoms with Gasteiger partial charge in [0.2, 0.25) is 0 Å². The summed E-state index contributed by atoms with van der Waals surface area (Å²) in [4.78, 5) is 5.05. The van der Waals surface area contributed by atoms with E-state index in [4.69, 9.17) is 9.15 Å². The lowest BCUT2D eigenvalue weighted by Crippen LogP contribution is -2.33. The number of benzene rings is 11. The minimum Gasteiger partial charge on any atom is -0.455 e. The Morgan fingerprint density at radius 2 is 0.850 bits per heavy atom. The van der Waals surface area contributed by atoms with Gasteiger partial charge in [0.1, 0.15) is 16.9 Å².